The Kier molecular flexibility index (Phi) is 3.63. The van der Waals surface area contributed by atoms with E-state index < -0.39 is 0 Å². The number of hydrogen-bond donors (Lipinski definition) is 0. The van der Waals surface area contributed by atoms with Crippen LogP contribution in [0, 0.1) is 0 Å². The van der Waals surface area contributed by atoms with E-state index in [1.165, 1.54) is 0 Å². The summed E-state index contributed by atoms with van der Waals surface area (Å²) in [5.74, 6) is 0.915. The molecule has 0 aliphatic carbocycles. The Balaban J connectivity index is 1.75. The quantitative estimate of drug-likeness (QED) is 0.816. The summed E-state index contributed by atoms with van der Waals surface area (Å²) in [6, 6.07) is 8.05. The first-order chi connectivity index (χ1) is 9.67. The fraction of sp³-hybridized carbons (Fsp3) is 0.533. The summed E-state index contributed by atoms with van der Waals surface area (Å²) in [5, 5.41) is 0. The second-order valence-electron chi connectivity index (χ2n) is 5.51. The fourth-order valence-electron chi connectivity index (χ4n) is 2.98. The highest BCUT2D eigenvalue weighted by Gasteiger charge is 2.41. The van der Waals surface area contributed by atoms with Crippen LogP contribution in [0.1, 0.15) is 5.56 Å². The van der Waals surface area contributed by atoms with Gasteiger partial charge in [-0.15, -0.1) is 0 Å². The Hall–Kier alpha value is -1.59. The van der Waals surface area contributed by atoms with Gasteiger partial charge in [0.2, 0.25) is 5.91 Å². The molecule has 108 valence electrons. The Morgan fingerprint density at radius 2 is 2.05 bits per heavy atom. The lowest BCUT2D eigenvalue weighted by molar-refractivity contribution is -0.153. The van der Waals surface area contributed by atoms with Gasteiger partial charge < -0.3 is 19.3 Å². The molecule has 0 radical (unpaired) electrons. The topological polar surface area (TPSA) is 42.0 Å². The average molecular weight is 276 g/mol. The summed E-state index contributed by atoms with van der Waals surface area (Å²) in [7, 11) is 3.72. The molecule has 2 aliphatic rings. The third-order valence-corrected chi connectivity index (χ3v) is 4.07. The minimum absolute atomic E-state index is 0.0809. The zero-order valence-electron chi connectivity index (χ0n) is 11.9. The summed E-state index contributed by atoms with van der Waals surface area (Å²) >= 11 is 0. The Morgan fingerprint density at radius 1 is 1.30 bits per heavy atom. The molecule has 1 aromatic carbocycles. The molecule has 0 unspecified atom stereocenters. The normalized spacial score (nSPS) is 26.7. The molecule has 0 spiro atoms. The Bertz CT molecular complexity index is 488. The number of carbonyl (C=O) groups is 1. The van der Waals surface area contributed by atoms with Gasteiger partial charge in [0.1, 0.15) is 12.4 Å². The Morgan fingerprint density at radius 3 is 2.75 bits per heavy atom. The molecule has 2 atom stereocenters. The summed E-state index contributed by atoms with van der Waals surface area (Å²) < 4.78 is 10.8. The molecule has 0 saturated carbocycles. The van der Waals surface area contributed by atoms with Crippen molar-refractivity contribution in [2.45, 2.75) is 18.7 Å². The standard InChI is InChI=1S/C15H20N2O3/c1-16-8-13-14(9-16)20-10-15(18)17(13)7-11-3-5-12(19-2)6-4-11/h3-6,13-14H,7-10H2,1-2H3/t13-,14+/m1/s1. The molecule has 2 heterocycles. The van der Waals surface area contributed by atoms with Crippen LogP contribution in [-0.4, -0.2) is 61.7 Å². The van der Waals surface area contributed by atoms with E-state index in [9.17, 15) is 4.79 Å². The van der Waals surface area contributed by atoms with Gasteiger partial charge in [-0.2, -0.15) is 0 Å². The van der Waals surface area contributed by atoms with Gasteiger partial charge in [-0.25, -0.2) is 0 Å². The van der Waals surface area contributed by atoms with Crippen molar-refractivity contribution in [3.63, 3.8) is 0 Å². The molecule has 2 aliphatic heterocycles. The van der Waals surface area contributed by atoms with E-state index in [1.54, 1.807) is 7.11 Å². The monoisotopic (exact) mass is 276 g/mol. The van der Waals surface area contributed by atoms with Gasteiger partial charge in [0.05, 0.1) is 19.3 Å². The third kappa shape index (κ3) is 2.51. The molecule has 5 nitrogen and oxygen atoms in total. The van der Waals surface area contributed by atoms with Crippen LogP contribution in [0.25, 0.3) is 0 Å². The maximum Gasteiger partial charge on any atom is 0.249 e. The largest absolute Gasteiger partial charge is 0.497 e. The highest BCUT2D eigenvalue weighted by molar-refractivity contribution is 5.78. The number of morpholine rings is 1. The minimum atomic E-state index is 0.0809. The lowest BCUT2D eigenvalue weighted by Crippen LogP contribution is -2.53. The molecular formula is C15H20N2O3. The van der Waals surface area contributed by atoms with Crippen LogP contribution in [0.15, 0.2) is 24.3 Å². The van der Waals surface area contributed by atoms with Gasteiger partial charge in [0.25, 0.3) is 0 Å². The van der Waals surface area contributed by atoms with Crippen LogP contribution in [0.5, 0.6) is 5.75 Å². The number of nitrogens with zero attached hydrogens (tertiary/aromatic N) is 2. The summed E-state index contributed by atoms with van der Waals surface area (Å²) in [4.78, 5) is 16.3. The smallest absolute Gasteiger partial charge is 0.249 e. The van der Waals surface area contributed by atoms with E-state index in [0.717, 1.165) is 24.4 Å². The molecule has 0 aromatic heterocycles. The zero-order valence-corrected chi connectivity index (χ0v) is 11.9. The number of amides is 1. The molecule has 1 aromatic rings. The van der Waals surface area contributed by atoms with Crippen LogP contribution in [-0.2, 0) is 16.1 Å². The molecule has 5 heteroatoms. The second kappa shape index (κ2) is 5.42. The predicted octanol–water partition coefficient (Wildman–Crippen LogP) is 0.737. The predicted molar refractivity (Wildman–Crippen MR) is 74.6 cm³/mol. The maximum atomic E-state index is 12.1. The molecule has 1 amide bonds. The van der Waals surface area contributed by atoms with Crippen molar-refractivity contribution in [1.29, 1.82) is 0 Å². The van der Waals surface area contributed by atoms with Crippen molar-refractivity contribution in [1.82, 2.24) is 9.80 Å². The number of methoxy groups -OCH3 is 1. The molecule has 3 rings (SSSR count). The molecule has 0 bridgehead atoms. The molecule has 20 heavy (non-hydrogen) atoms. The zero-order chi connectivity index (χ0) is 14.1. The number of fused-ring (bicyclic) bond motifs is 1. The third-order valence-electron chi connectivity index (χ3n) is 4.07. The van der Waals surface area contributed by atoms with E-state index >= 15 is 0 Å². The van der Waals surface area contributed by atoms with Gasteiger partial charge in [-0.05, 0) is 24.7 Å². The number of carbonyl (C=O) groups excluding carboxylic acids is 1. The first-order valence-corrected chi connectivity index (χ1v) is 6.90. The van der Waals surface area contributed by atoms with Crippen LogP contribution in [0.2, 0.25) is 0 Å². The summed E-state index contributed by atoms with van der Waals surface area (Å²) in [6.45, 7) is 2.62. The number of hydrogen-bond acceptors (Lipinski definition) is 4. The van der Waals surface area contributed by atoms with Gasteiger partial charge in [-0.1, -0.05) is 12.1 Å². The van der Waals surface area contributed by atoms with Crippen molar-refractivity contribution in [2.75, 3.05) is 33.9 Å². The van der Waals surface area contributed by atoms with E-state index in [-0.39, 0.29) is 24.7 Å². The molecule has 2 fully saturated rings. The number of likely N-dealkylation sites (N-methyl/N-ethyl adjacent to an activating group) is 1. The van der Waals surface area contributed by atoms with Crippen LogP contribution >= 0.6 is 0 Å². The van der Waals surface area contributed by atoms with Crippen molar-refractivity contribution in [3.05, 3.63) is 29.8 Å². The van der Waals surface area contributed by atoms with E-state index in [1.807, 2.05) is 29.2 Å². The van der Waals surface area contributed by atoms with Crippen LogP contribution < -0.4 is 4.74 Å². The lowest BCUT2D eigenvalue weighted by atomic mass is 10.1. The van der Waals surface area contributed by atoms with Gasteiger partial charge >= 0.3 is 0 Å². The SMILES string of the molecule is COc1ccc(CN2C(=O)CO[C@H]3CN(C)C[C@H]32)cc1. The second-order valence-corrected chi connectivity index (χ2v) is 5.51. The molecule has 2 saturated heterocycles. The average Bonchev–Trinajstić information content (AvgIpc) is 2.84. The maximum absolute atomic E-state index is 12.1. The van der Waals surface area contributed by atoms with Crippen LogP contribution in [0.4, 0.5) is 0 Å². The number of ether oxygens (including phenoxy) is 2. The summed E-state index contributed by atoms with van der Waals surface area (Å²) in [6.07, 6.45) is 0.149. The number of rotatable bonds is 3. The number of benzene rings is 1. The highest BCUT2D eigenvalue weighted by Crippen LogP contribution is 2.24. The van der Waals surface area contributed by atoms with Crippen molar-refractivity contribution in [2.24, 2.45) is 0 Å². The van der Waals surface area contributed by atoms with Crippen LogP contribution in [0.3, 0.4) is 0 Å². The lowest BCUT2D eigenvalue weighted by Gasteiger charge is -2.36. The van der Waals surface area contributed by atoms with Gasteiger partial charge in [0.15, 0.2) is 0 Å². The first kappa shape index (κ1) is 13.4. The first-order valence-electron chi connectivity index (χ1n) is 6.90. The van der Waals surface area contributed by atoms with Gasteiger partial charge in [-0.3, -0.25) is 4.79 Å². The number of likely N-dealkylation sites (tertiary alicyclic amines) is 1. The van der Waals surface area contributed by atoms with E-state index in [4.69, 9.17) is 9.47 Å². The van der Waals surface area contributed by atoms with Crippen molar-refractivity contribution >= 4 is 5.91 Å². The molecule has 0 N–H and O–H groups in total. The fourth-order valence-corrected chi connectivity index (χ4v) is 2.98. The molecular weight excluding hydrogens is 256 g/mol. The summed E-state index contributed by atoms with van der Waals surface area (Å²) in [5.41, 5.74) is 1.12. The van der Waals surface area contributed by atoms with Crippen molar-refractivity contribution < 1.29 is 14.3 Å². The minimum Gasteiger partial charge on any atom is -0.497 e. The van der Waals surface area contributed by atoms with E-state index in [0.29, 0.717) is 6.54 Å². The highest BCUT2D eigenvalue weighted by atomic mass is 16.5. The van der Waals surface area contributed by atoms with Gasteiger partial charge in [0, 0.05) is 19.6 Å². The Labute approximate surface area is 119 Å². The van der Waals surface area contributed by atoms with E-state index in [2.05, 4.69) is 11.9 Å². The van der Waals surface area contributed by atoms with Crippen molar-refractivity contribution in [3.8, 4) is 5.75 Å².